The highest BCUT2D eigenvalue weighted by atomic mass is 35.5. The Kier molecular flexibility index (Phi) is 8.06. The molecule has 1 unspecified atom stereocenters. The fourth-order valence-electron chi connectivity index (χ4n) is 3.37. The molecule has 1 amide bonds. The van der Waals surface area contributed by atoms with E-state index in [4.69, 9.17) is 4.99 Å². The van der Waals surface area contributed by atoms with Crippen molar-refractivity contribution in [1.29, 1.82) is 0 Å². The second kappa shape index (κ2) is 10.1. The normalized spacial score (nSPS) is 21.4. The first kappa shape index (κ1) is 22.4. The molecule has 154 valence electrons. The van der Waals surface area contributed by atoms with Crippen LogP contribution in [0.15, 0.2) is 23.2 Å². The largest absolute Gasteiger partial charge is 0.350 e. The number of aliphatic imine (C=N–C) groups is 1. The van der Waals surface area contributed by atoms with E-state index in [1.807, 2.05) is 11.9 Å². The minimum Gasteiger partial charge on any atom is -0.350 e. The van der Waals surface area contributed by atoms with Gasteiger partial charge in [-0.3, -0.25) is 19.9 Å². The summed E-state index contributed by atoms with van der Waals surface area (Å²) in [4.78, 5) is 29.4. The van der Waals surface area contributed by atoms with Crippen LogP contribution in [0.5, 0.6) is 0 Å². The van der Waals surface area contributed by atoms with E-state index in [9.17, 15) is 19.3 Å². The second-order valence-corrected chi connectivity index (χ2v) is 7.94. The first-order chi connectivity index (χ1) is 12.9. The smallest absolute Gasteiger partial charge is 0.271 e. The van der Waals surface area contributed by atoms with Crippen LogP contribution < -0.4 is 5.32 Å². The summed E-state index contributed by atoms with van der Waals surface area (Å²) in [6.07, 6.45) is 6.13. The van der Waals surface area contributed by atoms with E-state index >= 15 is 0 Å². The standard InChI is InChI=1S/C18H23FN4O3S.ClH/c1-22-14(11-27-18(22)20-12-5-3-2-4-6-12)10-17(24)21-16-9-13(23(25)26)7-8-15(16)19;/h7-9,12,14H,2-6,10-11H2,1H3,(H,21,24);1H/b20-18-;. The summed E-state index contributed by atoms with van der Waals surface area (Å²) in [5.41, 5.74) is -0.430. The van der Waals surface area contributed by atoms with E-state index in [1.54, 1.807) is 11.8 Å². The molecule has 7 nitrogen and oxygen atoms in total. The van der Waals surface area contributed by atoms with Crippen molar-refractivity contribution in [2.24, 2.45) is 4.99 Å². The van der Waals surface area contributed by atoms with Gasteiger partial charge in [-0.15, -0.1) is 12.4 Å². The van der Waals surface area contributed by atoms with Crippen molar-refractivity contribution in [1.82, 2.24) is 4.90 Å². The fourth-order valence-corrected chi connectivity index (χ4v) is 4.63. The van der Waals surface area contributed by atoms with Crippen LogP contribution >= 0.6 is 24.2 Å². The van der Waals surface area contributed by atoms with Crippen LogP contribution in [0.3, 0.4) is 0 Å². The molecule has 10 heteroatoms. The Labute approximate surface area is 173 Å². The highest BCUT2D eigenvalue weighted by molar-refractivity contribution is 8.14. The van der Waals surface area contributed by atoms with E-state index in [-0.39, 0.29) is 42.2 Å². The lowest BCUT2D eigenvalue weighted by atomic mass is 9.96. The average Bonchev–Trinajstić information content (AvgIpc) is 2.97. The summed E-state index contributed by atoms with van der Waals surface area (Å²) in [5, 5.41) is 14.2. The third-order valence-corrected chi connectivity index (χ3v) is 6.18. The number of nitrogens with one attached hydrogen (secondary N) is 1. The number of halogens is 2. The number of rotatable bonds is 5. The molecule has 1 N–H and O–H groups in total. The Morgan fingerprint density at radius 2 is 2.11 bits per heavy atom. The molecule has 3 rings (SSSR count). The number of anilines is 1. The highest BCUT2D eigenvalue weighted by Crippen LogP contribution is 2.29. The summed E-state index contributed by atoms with van der Waals surface area (Å²) in [6.45, 7) is 0. The van der Waals surface area contributed by atoms with Gasteiger partial charge in [0.2, 0.25) is 5.91 Å². The predicted octanol–water partition coefficient (Wildman–Crippen LogP) is 4.22. The van der Waals surface area contributed by atoms with Gasteiger partial charge in [0.15, 0.2) is 5.17 Å². The number of non-ortho nitro benzene ring substituents is 1. The molecule has 1 saturated heterocycles. The van der Waals surface area contributed by atoms with Crippen LogP contribution in [0.1, 0.15) is 38.5 Å². The van der Waals surface area contributed by atoms with Gasteiger partial charge in [-0.05, 0) is 18.9 Å². The number of nitro benzene ring substituents is 1. The lowest BCUT2D eigenvalue weighted by molar-refractivity contribution is -0.384. The van der Waals surface area contributed by atoms with Crippen molar-refractivity contribution in [2.45, 2.75) is 50.6 Å². The van der Waals surface area contributed by atoms with Crippen molar-refractivity contribution in [2.75, 3.05) is 18.1 Å². The van der Waals surface area contributed by atoms with E-state index in [0.29, 0.717) is 6.04 Å². The number of thioether (sulfide) groups is 1. The maximum Gasteiger partial charge on any atom is 0.271 e. The number of nitrogens with zero attached hydrogens (tertiary/aromatic N) is 3. The second-order valence-electron chi connectivity index (χ2n) is 6.95. The molecule has 0 bridgehead atoms. The number of carbonyl (C=O) groups excluding carboxylic acids is 1. The van der Waals surface area contributed by atoms with Gasteiger partial charge in [-0.25, -0.2) is 4.39 Å². The first-order valence-corrected chi connectivity index (χ1v) is 10.1. The van der Waals surface area contributed by atoms with Gasteiger partial charge in [0, 0.05) is 37.4 Å². The van der Waals surface area contributed by atoms with Crippen LogP contribution in [0.25, 0.3) is 0 Å². The quantitative estimate of drug-likeness (QED) is 0.558. The zero-order valence-corrected chi connectivity index (χ0v) is 17.2. The van der Waals surface area contributed by atoms with Crippen molar-refractivity contribution in [3.05, 3.63) is 34.1 Å². The Balaban J connectivity index is 0.00000280. The molecule has 2 fully saturated rings. The molecular formula is C18H24ClFN4O3S. The Bertz CT molecular complexity index is 758. The summed E-state index contributed by atoms with van der Waals surface area (Å²) in [6, 6.07) is 3.44. The molecule has 28 heavy (non-hydrogen) atoms. The van der Waals surface area contributed by atoms with Gasteiger partial charge in [0.1, 0.15) is 5.82 Å². The van der Waals surface area contributed by atoms with Crippen molar-refractivity contribution in [3.63, 3.8) is 0 Å². The zero-order chi connectivity index (χ0) is 19.4. The summed E-state index contributed by atoms with van der Waals surface area (Å²) < 4.78 is 13.8. The molecule has 1 saturated carbocycles. The molecule has 0 radical (unpaired) electrons. The first-order valence-electron chi connectivity index (χ1n) is 9.11. The number of nitro groups is 1. The van der Waals surface area contributed by atoms with Crippen LogP contribution in [0.4, 0.5) is 15.8 Å². The van der Waals surface area contributed by atoms with E-state index in [1.165, 1.54) is 19.3 Å². The Morgan fingerprint density at radius 1 is 1.39 bits per heavy atom. The fraction of sp³-hybridized carbons (Fsp3) is 0.556. The van der Waals surface area contributed by atoms with Crippen LogP contribution in [0.2, 0.25) is 0 Å². The predicted molar refractivity (Wildman–Crippen MR) is 112 cm³/mol. The molecule has 0 aromatic heterocycles. The number of hydrogen-bond acceptors (Lipinski definition) is 5. The van der Waals surface area contributed by atoms with Crippen LogP contribution in [-0.4, -0.2) is 45.8 Å². The topological polar surface area (TPSA) is 87.8 Å². The van der Waals surface area contributed by atoms with Gasteiger partial charge >= 0.3 is 0 Å². The number of hydrogen-bond donors (Lipinski definition) is 1. The molecule has 1 aromatic carbocycles. The van der Waals surface area contributed by atoms with Gasteiger partial charge in [0.25, 0.3) is 5.69 Å². The van der Waals surface area contributed by atoms with Crippen LogP contribution in [0, 0.1) is 15.9 Å². The molecule has 2 aliphatic rings. The maximum atomic E-state index is 13.8. The van der Waals surface area contributed by atoms with Crippen LogP contribution in [-0.2, 0) is 4.79 Å². The number of carbonyl (C=O) groups is 1. The molecule has 1 aromatic rings. The van der Waals surface area contributed by atoms with Gasteiger partial charge < -0.3 is 10.2 Å². The molecule has 1 aliphatic carbocycles. The number of benzene rings is 1. The molecule has 1 atom stereocenters. The third kappa shape index (κ3) is 5.57. The highest BCUT2D eigenvalue weighted by Gasteiger charge is 2.30. The molecule has 1 aliphatic heterocycles. The molecular weight excluding hydrogens is 407 g/mol. The monoisotopic (exact) mass is 430 g/mol. The minimum absolute atomic E-state index is 0. The van der Waals surface area contributed by atoms with Crippen molar-refractivity contribution < 1.29 is 14.1 Å². The third-order valence-electron chi connectivity index (χ3n) is 4.98. The maximum absolute atomic E-state index is 13.8. The molecule has 1 heterocycles. The average molecular weight is 431 g/mol. The summed E-state index contributed by atoms with van der Waals surface area (Å²) >= 11 is 1.64. The zero-order valence-electron chi connectivity index (χ0n) is 15.6. The SMILES string of the molecule is CN1/C(=N/C2CCCCC2)SCC1CC(=O)Nc1cc([N+](=O)[O-])ccc1F.Cl. The Morgan fingerprint density at radius 3 is 2.79 bits per heavy atom. The van der Waals surface area contributed by atoms with Gasteiger partial charge in [-0.2, -0.15) is 0 Å². The lowest BCUT2D eigenvalue weighted by Crippen LogP contribution is -2.34. The van der Waals surface area contributed by atoms with Crippen molar-refractivity contribution >= 4 is 46.6 Å². The molecule has 0 spiro atoms. The van der Waals surface area contributed by atoms with Crippen molar-refractivity contribution in [3.8, 4) is 0 Å². The Hall–Kier alpha value is -1.87. The van der Waals surface area contributed by atoms with E-state index < -0.39 is 10.7 Å². The lowest BCUT2D eigenvalue weighted by Gasteiger charge is -2.23. The summed E-state index contributed by atoms with van der Waals surface area (Å²) in [5.74, 6) is -0.319. The van der Waals surface area contributed by atoms with E-state index in [0.717, 1.165) is 42.0 Å². The number of amidine groups is 1. The van der Waals surface area contributed by atoms with Gasteiger partial charge in [0.05, 0.1) is 16.7 Å². The van der Waals surface area contributed by atoms with E-state index in [2.05, 4.69) is 5.32 Å². The summed E-state index contributed by atoms with van der Waals surface area (Å²) in [7, 11) is 1.92. The number of amides is 1. The minimum atomic E-state index is -0.692. The van der Waals surface area contributed by atoms with Gasteiger partial charge in [-0.1, -0.05) is 31.0 Å².